The van der Waals surface area contributed by atoms with Crippen molar-refractivity contribution in [3.05, 3.63) is 23.9 Å². The van der Waals surface area contributed by atoms with E-state index in [1.165, 1.54) is 18.2 Å². The van der Waals surface area contributed by atoms with Gasteiger partial charge < -0.3 is 19.5 Å². The standard InChI is InChI=1S/C12H14N2O5/c1-18-10-8(3-2-4-13-10)11(15)14-5-6-19-7-9(14)12(16)17/h2-4,9H,5-7H2,1H3,(H,16,17). The molecule has 1 atom stereocenters. The van der Waals surface area contributed by atoms with Crippen LogP contribution in [0.1, 0.15) is 10.4 Å². The topological polar surface area (TPSA) is 89.0 Å². The van der Waals surface area contributed by atoms with Gasteiger partial charge in [-0.15, -0.1) is 0 Å². The van der Waals surface area contributed by atoms with Crippen molar-refractivity contribution in [1.29, 1.82) is 0 Å². The molecule has 1 aliphatic heterocycles. The molecule has 0 saturated carbocycles. The van der Waals surface area contributed by atoms with Crippen LogP contribution in [0, 0.1) is 0 Å². The lowest BCUT2D eigenvalue weighted by atomic mass is 10.1. The van der Waals surface area contributed by atoms with Gasteiger partial charge in [-0.1, -0.05) is 0 Å². The molecule has 7 heteroatoms. The normalized spacial score (nSPS) is 19.0. The Balaban J connectivity index is 2.29. The molecule has 0 aliphatic carbocycles. The van der Waals surface area contributed by atoms with Gasteiger partial charge in [0.2, 0.25) is 5.88 Å². The Morgan fingerprint density at radius 3 is 3.05 bits per heavy atom. The maximum Gasteiger partial charge on any atom is 0.328 e. The smallest absolute Gasteiger partial charge is 0.328 e. The maximum atomic E-state index is 12.4. The Kier molecular flexibility index (Phi) is 3.96. The second kappa shape index (κ2) is 5.66. The van der Waals surface area contributed by atoms with Crippen LogP contribution >= 0.6 is 0 Å². The molecule has 0 aromatic carbocycles. The van der Waals surface area contributed by atoms with Crippen LogP contribution in [0.5, 0.6) is 5.88 Å². The number of hydrogen-bond donors (Lipinski definition) is 1. The van der Waals surface area contributed by atoms with Gasteiger partial charge in [0.1, 0.15) is 5.56 Å². The number of aromatic nitrogens is 1. The third-order valence-corrected chi connectivity index (χ3v) is 2.87. The molecule has 1 aromatic rings. The zero-order chi connectivity index (χ0) is 13.8. The summed E-state index contributed by atoms with van der Waals surface area (Å²) < 4.78 is 10.1. The van der Waals surface area contributed by atoms with Crippen LogP contribution in [-0.4, -0.2) is 59.8 Å². The molecule has 2 rings (SSSR count). The molecule has 1 saturated heterocycles. The minimum Gasteiger partial charge on any atom is -0.480 e. The molecule has 1 fully saturated rings. The zero-order valence-electron chi connectivity index (χ0n) is 10.4. The van der Waals surface area contributed by atoms with Gasteiger partial charge in [0.05, 0.1) is 20.3 Å². The van der Waals surface area contributed by atoms with Crippen molar-refractivity contribution in [2.45, 2.75) is 6.04 Å². The first-order valence-corrected chi connectivity index (χ1v) is 5.75. The van der Waals surface area contributed by atoms with Gasteiger partial charge in [-0.25, -0.2) is 9.78 Å². The van der Waals surface area contributed by atoms with E-state index in [4.69, 9.17) is 14.6 Å². The Morgan fingerprint density at radius 2 is 2.37 bits per heavy atom. The summed E-state index contributed by atoms with van der Waals surface area (Å²) in [5.41, 5.74) is 0.248. The lowest BCUT2D eigenvalue weighted by Gasteiger charge is -2.32. The summed E-state index contributed by atoms with van der Waals surface area (Å²) in [6.07, 6.45) is 1.50. The molecule has 2 heterocycles. The van der Waals surface area contributed by atoms with E-state index in [0.29, 0.717) is 6.61 Å². The highest BCUT2D eigenvalue weighted by Crippen LogP contribution is 2.19. The van der Waals surface area contributed by atoms with Crippen molar-refractivity contribution in [1.82, 2.24) is 9.88 Å². The molecule has 7 nitrogen and oxygen atoms in total. The van der Waals surface area contributed by atoms with E-state index in [2.05, 4.69) is 4.98 Å². The SMILES string of the molecule is COc1ncccc1C(=O)N1CCOCC1C(=O)O. The van der Waals surface area contributed by atoms with E-state index >= 15 is 0 Å². The fraction of sp³-hybridized carbons (Fsp3) is 0.417. The second-order valence-electron chi connectivity index (χ2n) is 3.99. The van der Waals surface area contributed by atoms with Crippen molar-refractivity contribution in [3.8, 4) is 5.88 Å². The maximum absolute atomic E-state index is 12.4. The monoisotopic (exact) mass is 266 g/mol. The first-order valence-electron chi connectivity index (χ1n) is 5.75. The summed E-state index contributed by atoms with van der Waals surface area (Å²) in [5, 5.41) is 9.11. The molecule has 0 bridgehead atoms. The van der Waals surface area contributed by atoms with Crippen molar-refractivity contribution < 1.29 is 24.2 Å². The molecule has 1 amide bonds. The summed E-state index contributed by atoms with van der Waals surface area (Å²) in [4.78, 5) is 28.7. The number of amides is 1. The number of pyridine rings is 1. The number of morpholine rings is 1. The number of methoxy groups -OCH3 is 1. The van der Waals surface area contributed by atoms with E-state index in [1.807, 2.05) is 0 Å². The number of hydrogen-bond acceptors (Lipinski definition) is 5. The predicted octanol–water partition coefficient (Wildman–Crippen LogP) is 0.0158. The van der Waals surface area contributed by atoms with E-state index in [1.54, 1.807) is 12.1 Å². The van der Waals surface area contributed by atoms with Crippen LogP contribution in [0.25, 0.3) is 0 Å². The molecule has 1 unspecified atom stereocenters. The molecular formula is C12H14N2O5. The van der Waals surface area contributed by atoms with Gasteiger partial charge >= 0.3 is 5.97 Å². The highest BCUT2D eigenvalue weighted by atomic mass is 16.5. The average molecular weight is 266 g/mol. The number of nitrogens with zero attached hydrogens (tertiary/aromatic N) is 2. The largest absolute Gasteiger partial charge is 0.480 e. The number of carboxylic acid groups (broad SMARTS) is 1. The number of ether oxygens (including phenoxy) is 2. The Labute approximate surface area is 109 Å². The number of carbonyl (C=O) groups is 2. The molecule has 0 spiro atoms. The Hall–Kier alpha value is -2.15. The van der Waals surface area contributed by atoms with Crippen molar-refractivity contribution in [3.63, 3.8) is 0 Å². The molecule has 1 aromatic heterocycles. The van der Waals surface area contributed by atoms with Gasteiger partial charge in [0.25, 0.3) is 5.91 Å². The quantitative estimate of drug-likeness (QED) is 0.829. The van der Waals surface area contributed by atoms with Gasteiger partial charge in [0, 0.05) is 12.7 Å². The third-order valence-electron chi connectivity index (χ3n) is 2.87. The third kappa shape index (κ3) is 2.65. The summed E-state index contributed by atoms with van der Waals surface area (Å²) in [5.74, 6) is -1.32. The van der Waals surface area contributed by atoms with Crippen LogP contribution in [0.3, 0.4) is 0 Å². The van der Waals surface area contributed by atoms with Crippen LogP contribution in [0.15, 0.2) is 18.3 Å². The first kappa shape index (κ1) is 13.3. The van der Waals surface area contributed by atoms with Gasteiger partial charge in [-0.2, -0.15) is 0 Å². The van der Waals surface area contributed by atoms with Gasteiger partial charge in [-0.3, -0.25) is 4.79 Å². The molecule has 19 heavy (non-hydrogen) atoms. The molecular weight excluding hydrogens is 252 g/mol. The lowest BCUT2D eigenvalue weighted by molar-refractivity contribution is -0.147. The minimum absolute atomic E-state index is 0.0103. The number of aliphatic carboxylic acids is 1. The first-order chi connectivity index (χ1) is 9.15. The number of carboxylic acids is 1. The average Bonchev–Trinajstić information content (AvgIpc) is 2.46. The van der Waals surface area contributed by atoms with E-state index in [0.717, 1.165) is 0 Å². The molecule has 102 valence electrons. The summed E-state index contributed by atoms with van der Waals surface area (Å²) in [7, 11) is 1.41. The van der Waals surface area contributed by atoms with Crippen molar-refractivity contribution in [2.24, 2.45) is 0 Å². The Morgan fingerprint density at radius 1 is 1.58 bits per heavy atom. The number of carbonyl (C=O) groups excluding carboxylic acids is 1. The Bertz CT molecular complexity index is 491. The molecule has 0 radical (unpaired) electrons. The highest BCUT2D eigenvalue weighted by molar-refractivity contribution is 5.98. The molecule has 1 aliphatic rings. The fourth-order valence-electron chi connectivity index (χ4n) is 1.92. The number of rotatable bonds is 3. The van der Waals surface area contributed by atoms with Crippen LogP contribution in [0.2, 0.25) is 0 Å². The van der Waals surface area contributed by atoms with Crippen LogP contribution in [0.4, 0.5) is 0 Å². The van der Waals surface area contributed by atoms with E-state index in [9.17, 15) is 9.59 Å². The zero-order valence-corrected chi connectivity index (χ0v) is 10.4. The predicted molar refractivity (Wildman–Crippen MR) is 64.1 cm³/mol. The minimum atomic E-state index is -1.09. The second-order valence-corrected chi connectivity index (χ2v) is 3.99. The van der Waals surface area contributed by atoms with Gasteiger partial charge in [-0.05, 0) is 12.1 Å². The highest BCUT2D eigenvalue weighted by Gasteiger charge is 2.34. The van der Waals surface area contributed by atoms with Gasteiger partial charge in [0.15, 0.2) is 6.04 Å². The van der Waals surface area contributed by atoms with Crippen molar-refractivity contribution >= 4 is 11.9 Å². The summed E-state index contributed by atoms with van der Waals surface area (Å²) in [6.45, 7) is 0.537. The van der Waals surface area contributed by atoms with Crippen LogP contribution < -0.4 is 4.74 Å². The lowest BCUT2D eigenvalue weighted by Crippen LogP contribution is -2.52. The van der Waals surface area contributed by atoms with E-state index in [-0.39, 0.29) is 24.6 Å². The van der Waals surface area contributed by atoms with Crippen LogP contribution in [-0.2, 0) is 9.53 Å². The van der Waals surface area contributed by atoms with Crippen molar-refractivity contribution in [2.75, 3.05) is 26.9 Å². The summed E-state index contributed by atoms with van der Waals surface area (Å²) >= 11 is 0. The fourth-order valence-corrected chi connectivity index (χ4v) is 1.92. The van der Waals surface area contributed by atoms with E-state index < -0.39 is 17.9 Å². The summed E-state index contributed by atoms with van der Waals surface area (Å²) in [6, 6.07) is 2.18. The molecule has 1 N–H and O–H groups in total.